The SMILES string of the molecule is CCOC(=O)c1ccc(N2C(=S)N[C@H]3c4ccccc4O[C@@]2(C)[C@@H]3C(=O)N(C)C)cc1. The Balaban J connectivity index is 1.80. The standard InChI is InChI=1S/C23H25N3O4S/c1-5-29-21(28)14-10-12-15(13-11-14)26-22(31)24-19-16-8-6-7-9-17(16)30-23(26,2)18(19)20(27)25(3)4/h6-13,18-19H,5H2,1-4H3,(H,24,31)/t18-,19-,23-/m0/s1. The minimum absolute atomic E-state index is 0.0647. The molecule has 0 spiro atoms. The molecule has 2 bridgehead atoms. The molecule has 1 amide bonds. The summed E-state index contributed by atoms with van der Waals surface area (Å²) in [4.78, 5) is 28.7. The number of rotatable bonds is 4. The molecule has 1 saturated heterocycles. The van der Waals surface area contributed by atoms with Crippen LogP contribution in [0.15, 0.2) is 48.5 Å². The van der Waals surface area contributed by atoms with Gasteiger partial charge in [0.1, 0.15) is 11.7 Å². The number of fused-ring (bicyclic) bond motifs is 4. The number of nitrogens with zero attached hydrogens (tertiary/aromatic N) is 2. The number of carbonyl (C=O) groups excluding carboxylic acids is 2. The molecule has 2 heterocycles. The van der Waals surface area contributed by atoms with E-state index in [1.807, 2.05) is 36.1 Å². The number of carbonyl (C=O) groups is 2. The summed E-state index contributed by atoms with van der Waals surface area (Å²) in [6, 6.07) is 14.3. The molecule has 162 valence electrons. The van der Waals surface area contributed by atoms with Crippen LogP contribution in [0.2, 0.25) is 0 Å². The van der Waals surface area contributed by atoms with Crippen molar-refractivity contribution in [1.82, 2.24) is 10.2 Å². The van der Waals surface area contributed by atoms with Crippen molar-refractivity contribution in [2.75, 3.05) is 25.6 Å². The van der Waals surface area contributed by atoms with Gasteiger partial charge < -0.3 is 19.7 Å². The quantitative estimate of drug-likeness (QED) is 0.580. The molecule has 1 fully saturated rings. The molecule has 3 atom stereocenters. The summed E-state index contributed by atoms with van der Waals surface area (Å²) >= 11 is 5.71. The lowest BCUT2D eigenvalue weighted by molar-refractivity contribution is -0.144. The third-order valence-corrected chi connectivity index (χ3v) is 6.05. The van der Waals surface area contributed by atoms with Crippen LogP contribution in [0.4, 0.5) is 5.69 Å². The van der Waals surface area contributed by atoms with Crippen LogP contribution in [0.25, 0.3) is 0 Å². The first-order chi connectivity index (χ1) is 14.8. The zero-order valence-corrected chi connectivity index (χ0v) is 18.7. The summed E-state index contributed by atoms with van der Waals surface area (Å²) in [6.45, 7) is 3.96. The predicted molar refractivity (Wildman–Crippen MR) is 121 cm³/mol. The first-order valence-electron chi connectivity index (χ1n) is 10.1. The van der Waals surface area contributed by atoms with Crippen molar-refractivity contribution in [3.8, 4) is 5.75 Å². The van der Waals surface area contributed by atoms with Crippen molar-refractivity contribution in [3.05, 3.63) is 59.7 Å². The zero-order chi connectivity index (χ0) is 22.3. The number of ether oxygens (including phenoxy) is 2. The Labute approximate surface area is 186 Å². The maximum atomic E-state index is 13.3. The lowest BCUT2D eigenvalue weighted by Crippen LogP contribution is -2.72. The summed E-state index contributed by atoms with van der Waals surface area (Å²) in [5.74, 6) is -0.289. The highest BCUT2D eigenvalue weighted by atomic mass is 32.1. The van der Waals surface area contributed by atoms with Gasteiger partial charge in [-0.2, -0.15) is 0 Å². The van der Waals surface area contributed by atoms with E-state index in [4.69, 9.17) is 21.7 Å². The second-order valence-corrected chi connectivity index (χ2v) is 8.32. The van der Waals surface area contributed by atoms with Gasteiger partial charge in [0.2, 0.25) is 5.91 Å². The highest BCUT2D eigenvalue weighted by molar-refractivity contribution is 7.80. The van der Waals surface area contributed by atoms with Gasteiger partial charge in [0.25, 0.3) is 0 Å². The highest BCUT2D eigenvalue weighted by Gasteiger charge is 2.59. The van der Waals surface area contributed by atoms with E-state index in [1.165, 1.54) is 0 Å². The first-order valence-corrected chi connectivity index (χ1v) is 10.6. The maximum Gasteiger partial charge on any atom is 0.338 e. The van der Waals surface area contributed by atoms with Crippen LogP contribution in [-0.4, -0.2) is 48.3 Å². The van der Waals surface area contributed by atoms with Crippen LogP contribution in [0.1, 0.15) is 35.8 Å². The lowest BCUT2D eigenvalue weighted by atomic mass is 9.78. The number of amides is 1. The van der Waals surface area contributed by atoms with Gasteiger partial charge in [0.05, 0.1) is 18.2 Å². The van der Waals surface area contributed by atoms with Gasteiger partial charge in [0, 0.05) is 25.3 Å². The third-order valence-electron chi connectivity index (χ3n) is 5.75. The van der Waals surface area contributed by atoms with Crippen LogP contribution in [0, 0.1) is 5.92 Å². The smallest absolute Gasteiger partial charge is 0.338 e. The molecule has 31 heavy (non-hydrogen) atoms. The van der Waals surface area contributed by atoms with Crippen LogP contribution in [-0.2, 0) is 9.53 Å². The number of nitrogens with one attached hydrogen (secondary N) is 1. The molecular weight excluding hydrogens is 414 g/mol. The molecule has 0 aliphatic carbocycles. The van der Waals surface area contributed by atoms with Crippen LogP contribution in [0.3, 0.4) is 0 Å². The van der Waals surface area contributed by atoms with Gasteiger partial charge in [-0.3, -0.25) is 9.69 Å². The Hall–Kier alpha value is -3.13. The number of thiocarbonyl (C=S) groups is 1. The molecule has 2 aliphatic rings. The molecule has 0 aromatic heterocycles. The number of esters is 1. The van der Waals surface area contributed by atoms with Gasteiger partial charge in [0.15, 0.2) is 10.8 Å². The number of para-hydroxylation sites is 1. The van der Waals surface area contributed by atoms with Crippen LogP contribution >= 0.6 is 12.2 Å². The average molecular weight is 440 g/mol. The fourth-order valence-corrected chi connectivity index (χ4v) is 4.75. The number of hydrogen-bond donors (Lipinski definition) is 1. The van der Waals surface area contributed by atoms with E-state index in [0.717, 1.165) is 5.56 Å². The van der Waals surface area contributed by atoms with Gasteiger partial charge in [-0.1, -0.05) is 18.2 Å². The van der Waals surface area contributed by atoms with Gasteiger partial charge in [-0.05, 0) is 56.4 Å². The maximum absolute atomic E-state index is 13.3. The fourth-order valence-electron chi connectivity index (χ4n) is 4.33. The zero-order valence-electron chi connectivity index (χ0n) is 17.9. The van der Waals surface area contributed by atoms with Crippen LogP contribution in [0.5, 0.6) is 5.75 Å². The molecule has 2 aromatic rings. The molecule has 2 aliphatic heterocycles. The van der Waals surface area contributed by atoms with Crippen molar-refractivity contribution in [3.63, 3.8) is 0 Å². The monoisotopic (exact) mass is 439 g/mol. The summed E-state index contributed by atoms with van der Waals surface area (Å²) in [7, 11) is 3.47. The Morgan fingerprint density at radius 1 is 1.19 bits per heavy atom. The Morgan fingerprint density at radius 3 is 2.52 bits per heavy atom. The van der Waals surface area contributed by atoms with Crippen molar-refractivity contribution < 1.29 is 19.1 Å². The van der Waals surface area contributed by atoms with Gasteiger partial charge in [-0.25, -0.2) is 4.79 Å². The van der Waals surface area contributed by atoms with Gasteiger partial charge in [-0.15, -0.1) is 0 Å². The molecule has 0 radical (unpaired) electrons. The van der Waals surface area contributed by atoms with E-state index < -0.39 is 11.6 Å². The minimum Gasteiger partial charge on any atom is -0.467 e. The lowest BCUT2D eigenvalue weighted by Gasteiger charge is -2.56. The second-order valence-electron chi connectivity index (χ2n) is 7.93. The highest BCUT2D eigenvalue weighted by Crippen LogP contribution is 2.49. The van der Waals surface area contributed by atoms with Crippen molar-refractivity contribution >= 4 is 34.9 Å². The Kier molecular flexibility index (Phi) is 5.35. The molecular formula is C23H25N3O4S. The summed E-state index contributed by atoms with van der Waals surface area (Å²) in [5, 5.41) is 3.81. The van der Waals surface area contributed by atoms with Crippen molar-refractivity contribution in [2.24, 2.45) is 5.92 Å². The topological polar surface area (TPSA) is 71.1 Å². The van der Waals surface area contributed by atoms with E-state index in [1.54, 1.807) is 50.2 Å². The Morgan fingerprint density at radius 2 is 1.87 bits per heavy atom. The second kappa shape index (κ2) is 7.85. The largest absolute Gasteiger partial charge is 0.467 e. The molecule has 2 aromatic carbocycles. The minimum atomic E-state index is -1.06. The van der Waals surface area contributed by atoms with E-state index >= 15 is 0 Å². The van der Waals surface area contributed by atoms with E-state index in [-0.39, 0.29) is 17.9 Å². The molecule has 8 heteroatoms. The van der Waals surface area contributed by atoms with Crippen LogP contribution < -0.4 is 15.0 Å². The summed E-state index contributed by atoms with van der Waals surface area (Å²) < 4.78 is 11.6. The van der Waals surface area contributed by atoms with E-state index in [2.05, 4.69) is 5.32 Å². The normalized spacial score (nSPS) is 23.9. The summed E-state index contributed by atoms with van der Waals surface area (Å²) in [6.07, 6.45) is 0. The molecule has 7 nitrogen and oxygen atoms in total. The number of hydrogen-bond acceptors (Lipinski definition) is 5. The van der Waals surface area contributed by atoms with Crippen molar-refractivity contribution in [1.29, 1.82) is 0 Å². The molecule has 1 N–H and O–H groups in total. The van der Waals surface area contributed by atoms with Crippen molar-refractivity contribution in [2.45, 2.75) is 25.6 Å². The average Bonchev–Trinajstić information content (AvgIpc) is 2.73. The third kappa shape index (κ3) is 3.40. The molecule has 4 rings (SSSR count). The van der Waals surface area contributed by atoms with E-state index in [9.17, 15) is 9.59 Å². The molecule has 0 unspecified atom stereocenters. The summed E-state index contributed by atoms with van der Waals surface area (Å²) in [5.41, 5.74) is 0.997. The first kappa shape index (κ1) is 21.1. The fraction of sp³-hybridized carbons (Fsp3) is 0.348. The number of anilines is 1. The Bertz CT molecular complexity index is 1040. The van der Waals surface area contributed by atoms with Gasteiger partial charge >= 0.3 is 5.97 Å². The predicted octanol–water partition coefficient (Wildman–Crippen LogP) is 3.11. The van der Waals surface area contributed by atoms with E-state index in [0.29, 0.717) is 28.7 Å². The molecule has 0 saturated carbocycles. The number of benzene rings is 2.